The minimum atomic E-state index is -5.20. The molecule has 0 aromatic heterocycles. The van der Waals surface area contributed by atoms with E-state index in [9.17, 15) is 33.1 Å². The van der Waals surface area contributed by atoms with Crippen molar-refractivity contribution in [2.24, 2.45) is 0 Å². The van der Waals surface area contributed by atoms with Crippen molar-refractivity contribution in [2.45, 2.75) is 30.7 Å². The maximum Gasteiger partial charge on any atom is 1.00 e. The molecule has 13 heteroatoms. The molecule has 1 heterocycles. The van der Waals surface area contributed by atoms with E-state index in [0.717, 1.165) is 7.11 Å². The van der Waals surface area contributed by atoms with Crippen molar-refractivity contribution in [1.29, 1.82) is 0 Å². The topological polar surface area (TPSA) is 165 Å². The average molecular weight is 332 g/mol. The number of aliphatic carboxylic acids is 1. The molecule has 1 rings (SSSR count). The molecule has 0 aliphatic carbocycles. The Bertz CT molecular complexity index is 412. The van der Waals surface area contributed by atoms with Crippen LogP contribution in [0.1, 0.15) is 0 Å². The fraction of sp³-hybridized carbons (Fsp3) is 0.857. The van der Waals surface area contributed by atoms with Gasteiger partial charge in [-0.2, -0.15) is 0 Å². The molecule has 0 aromatic rings. The van der Waals surface area contributed by atoms with E-state index in [1.165, 1.54) is 0 Å². The van der Waals surface area contributed by atoms with Crippen molar-refractivity contribution in [3.63, 3.8) is 0 Å². The average Bonchev–Trinajstić information content (AvgIpc) is 2.23. The predicted molar refractivity (Wildman–Crippen MR) is 47.3 cm³/mol. The first-order valence-electron chi connectivity index (χ1n) is 4.56. The molecule has 0 aromatic carbocycles. The number of carbonyl (C=O) groups is 1. The zero-order chi connectivity index (χ0) is 14.1. The second-order valence-corrected chi connectivity index (χ2v) is 4.44. The van der Waals surface area contributed by atoms with Crippen LogP contribution in [0.15, 0.2) is 0 Å². The Morgan fingerprint density at radius 1 is 1.25 bits per heavy atom. The molecule has 1 fully saturated rings. The van der Waals surface area contributed by atoms with E-state index in [4.69, 9.17) is 0 Å². The Labute approximate surface area is 158 Å². The van der Waals surface area contributed by atoms with E-state index in [0.29, 0.717) is 0 Å². The monoisotopic (exact) mass is 332 g/mol. The zero-order valence-electron chi connectivity index (χ0n) is 11.0. The van der Waals surface area contributed by atoms with Crippen molar-refractivity contribution in [3.8, 4) is 0 Å². The van der Waals surface area contributed by atoms with Crippen molar-refractivity contribution >= 4 is 16.4 Å². The van der Waals surface area contributed by atoms with Crippen molar-refractivity contribution in [3.05, 3.63) is 0 Å². The van der Waals surface area contributed by atoms with Gasteiger partial charge >= 0.3 is 59.1 Å². The fourth-order valence-electron chi connectivity index (χ4n) is 1.46. The Kier molecular flexibility index (Phi) is 11.0. The molecular weight excluding hydrogens is 322 g/mol. The summed E-state index contributed by atoms with van der Waals surface area (Å²) in [6.07, 6.45) is -9.55. The largest absolute Gasteiger partial charge is 1.00 e. The van der Waals surface area contributed by atoms with Gasteiger partial charge in [-0.05, 0) is 0 Å². The normalized spacial score (nSPS) is 33.7. The molecule has 20 heavy (non-hydrogen) atoms. The van der Waals surface area contributed by atoms with E-state index in [1.807, 2.05) is 0 Å². The van der Waals surface area contributed by atoms with E-state index < -0.39 is 47.1 Å². The number of carbonyl (C=O) groups excluding carboxylic acids is 1. The van der Waals surface area contributed by atoms with Crippen LogP contribution in [0.4, 0.5) is 0 Å². The van der Waals surface area contributed by atoms with E-state index in [2.05, 4.69) is 13.7 Å². The first kappa shape index (κ1) is 23.4. The van der Waals surface area contributed by atoms with Gasteiger partial charge in [0.25, 0.3) is 0 Å². The molecule has 5 atom stereocenters. The van der Waals surface area contributed by atoms with Gasteiger partial charge in [-0.3, -0.25) is 4.18 Å². The SMILES string of the molecule is CO[C@@H]1OC(C(=O)[O-])[C@@H](O)[C@@H](O)C1OS(=O)(=O)[O-].[Na+].[Na+]. The van der Waals surface area contributed by atoms with Crippen LogP contribution in [0.5, 0.6) is 0 Å². The maximum atomic E-state index is 10.6. The van der Waals surface area contributed by atoms with Crippen molar-refractivity contribution in [2.75, 3.05) is 7.11 Å². The van der Waals surface area contributed by atoms with Gasteiger partial charge in [-0.25, -0.2) is 8.42 Å². The van der Waals surface area contributed by atoms with Crippen LogP contribution in [0.2, 0.25) is 0 Å². The minimum Gasteiger partial charge on any atom is -0.726 e. The molecule has 106 valence electrons. The van der Waals surface area contributed by atoms with Gasteiger partial charge < -0.3 is 34.1 Å². The summed E-state index contributed by atoms with van der Waals surface area (Å²) >= 11 is 0. The standard InChI is InChI=1S/C7H12O10S.2Na/c1-15-7-5(17-18(12,13)14)3(9)2(8)4(16-7)6(10)11;;/h2-5,7-9H,1H3,(H,10,11)(H,12,13,14);;/q;2*+1/p-2/t2-,3+,4?,5?,7+;;/m0../s1. The molecule has 2 N–H and O–H groups in total. The number of ether oxygens (including phenoxy) is 2. The van der Waals surface area contributed by atoms with Crippen LogP contribution in [-0.2, 0) is 28.9 Å². The molecule has 10 nitrogen and oxygen atoms in total. The molecule has 0 radical (unpaired) electrons. The summed E-state index contributed by atoms with van der Waals surface area (Å²) in [6.45, 7) is 0. The number of hydrogen-bond donors (Lipinski definition) is 2. The maximum absolute atomic E-state index is 10.6. The molecule has 0 amide bonds. The quantitative estimate of drug-likeness (QED) is 0.287. The van der Waals surface area contributed by atoms with Crippen LogP contribution in [0.3, 0.4) is 0 Å². The number of hydrogen-bond acceptors (Lipinski definition) is 10. The molecule has 2 unspecified atom stereocenters. The van der Waals surface area contributed by atoms with E-state index in [1.54, 1.807) is 0 Å². The van der Waals surface area contributed by atoms with E-state index >= 15 is 0 Å². The van der Waals surface area contributed by atoms with Gasteiger partial charge in [0, 0.05) is 7.11 Å². The van der Waals surface area contributed by atoms with Crippen LogP contribution in [0, 0.1) is 0 Å². The molecular formula is C7H10Na2O10S. The Morgan fingerprint density at radius 2 is 1.75 bits per heavy atom. The summed E-state index contributed by atoms with van der Waals surface area (Å²) < 4.78 is 44.3. The van der Waals surface area contributed by atoms with Gasteiger partial charge in [-0.1, -0.05) is 0 Å². The molecule has 0 saturated carbocycles. The predicted octanol–water partition coefficient (Wildman–Crippen LogP) is -10.3. The van der Waals surface area contributed by atoms with E-state index in [-0.39, 0.29) is 59.1 Å². The van der Waals surface area contributed by atoms with Gasteiger partial charge in [0.05, 0.1) is 5.97 Å². The third-order valence-corrected chi connectivity index (χ3v) is 2.70. The summed E-state index contributed by atoms with van der Waals surface area (Å²) in [7, 11) is -4.21. The first-order valence-corrected chi connectivity index (χ1v) is 5.90. The number of carboxylic acids is 1. The van der Waals surface area contributed by atoms with Crippen LogP contribution in [0.25, 0.3) is 0 Å². The van der Waals surface area contributed by atoms with Crippen LogP contribution >= 0.6 is 0 Å². The summed E-state index contributed by atoms with van der Waals surface area (Å²) in [4.78, 5) is 10.6. The fourth-order valence-corrected chi connectivity index (χ4v) is 1.94. The number of aliphatic hydroxyl groups excluding tert-OH is 2. The molecule has 1 aliphatic rings. The molecule has 0 spiro atoms. The molecule has 1 aliphatic heterocycles. The zero-order valence-corrected chi connectivity index (χ0v) is 15.8. The summed E-state index contributed by atoms with van der Waals surface area (Å²) in [5.41, 5.74) is 0. The Hall–Kier alpha value is 1.18. The van der Waals surface area contributed by atoms with Crippen molar-refractivity contribution < 1.29 is 106 Å². The number of carboxylic acid groups (broad SMARTS) is 1. The molecule has 1 saturated heterocycles. The van der Waals surface area contributed by atoms with Gasteiger partial charge in [0.1, 0.15) is 18.3 Å². The van der Waals surface area contributed by atoms with Crippen molar-refractivity contribution in [1.82, 2.24) is 0 Å². The number of aliphatic hydroxyl groups is 2. The smallest absolute Gasteiger partial charge is 0.726 e. The molecule has 0 bridgehead atoms. The van der Waals surface area contributed by atoms with Gasteiger partial charge in [-0.15, -0.1) is 0 Å². The summed E-state index contributed by atoms with van der Waals surface area (Å²) in [5, 5.41) is 29.4. The third-order valence-electron chi connectivity index (χ3n) is 2.24. The Balaban J connectivity index is 0. The Morgan fingerprint density at radius 3 is 2.10 bits per heavy atom. The minimum absolute atomic E-state index is 0. The van der Waals surface area contributed by atoms with Gasteiger partial charge in [0.15, 0.2) is 12.4 Å². The second-order valence-electron chi connectivity index (χ2n) is 3.43. The second kappa shape index (κ2) is 9.35. The summed E-state index contributed by atoms with van der Waals surface area (Å²) in [6, 6.07) is 0. The third kappa shape index (κ3) is 6.12. The first-order chi connectivity index (χ1) is 8.17. The van der Waals surface area contributed by atoms with Crippen LogP contribution < -0.4 is 64.2 Å². The number of methoxy groups -OCH3 is 1. The van der Waals surface area contributed by atoms with Gasteiger partial charge in [0.2, 0.25) is 10.4 Å². The number of rotatable bonds is 4. The summed E-state index contributed by atoms with van der Waals surface area (Å²) in [5.74, 6) is -1.84. The van der Waals surface area contributed by atoms with Crippen LogP contribution in [-0.4, -0.2) is 67.0 Å².